The molecule has 2 aromatic heterocycles. The van der Waals surface area contributed by atoms with Gasteiger partial charge >= 0.3 is 0 Å². The summed E-state index contributed by atoms with van der Waals surface area (Å²) in [7, 11) is 0. The average Bonchev–Trinajstić information content (AvgIpc) is 3.22. The molecule has 6 heteroatoms. The van der Waals surface area contributed by atoms with Gasteiger partial charge in [-0.2, -0.15) is 0 Å². The molecule has 1 saturated heterocycles. The van der Waals surface area contributed by atoms with E-state index in [1.165, 1.54) is 11.3 Å². The van der Waals surface area contributed by atoms with Crippen LogP contribution >= 0.6 is 0 Å². The molecule has 1 fully saturated rings. The summed E-state index contributed by atoms with van der Waals surface area (Å²) in [5, 5.41) is 8.40. The number of rotatable bonds is 4. The molecular formula is C20H24N4O2. The topological polar surface area (TPSA) is 58.5 Å². The van der Waals surface area contributed by atoms with Gasteiger partial charge < -0.3 is 13.7 Å². The number of hydrogen-bond acceptors (Lipinski definition) is 6. The lowest BCUT2D eigenvalue weighted by Crippen LogP contribution is -2.46. The Balaban J connectivity index is 1.38. The molecule has 6 nitrogen and oxygen atoms in total. The number of aromatic nitrogens is 2. The number of aryl methyl sites for hydroxylation is 3. The molecule has 1 aliphatic heterocycles. The van der Waals surface area contributed by atoms with E-state index in [1.807, 2.05) is 19.9 Å². The number of furan rings is 1. The summed E-state index contributed by atoms with van der Waals surface area (Å²) in [5.41, 5.74) is 3.54. The number of nitrogens with zero attached hydrogens (tertiary/aromatic N) is 4. The Kier molecular flexibility index (Phi) is 4.51. The van der Waals surface area contributed by atoms with E-state index in [2.05, 4.69) is 51.2 Å². The molecular weight excluding hydrogens is 328 g/mol. The zero-order valence-electron chi connectivity index (χ0n) is 15.5. The molecule has 1 aliphatic rings. The number of hydrogen-bond donors (Lipinski definition) is 0. The van der Waals surface area contributed by atoms with Crippen LogP contribution in [0.3, 0.4) is 0 Å². The van der Waals surface area contributed by atoms with Crippen molar-refractivity contribution in [1.29, 1.82) is 0 Å². The Morgan fingerprint density at radius 3 is 2.42 bits per heavy atom. The highest BCUT2D eigenvalue weighted by Crippen LogP contribution is 2.26. The number of benzene rings is 1. The lowest BCUT2D eigenvalue weighted by Gasteiger charge is -2.36. The van der Waals surface area contributed by atoms with Crippen molar-refractivity contribution in [3.8, 4) is 11.5 Å². The van der Waals surface area contributed by atoms with Gasteiger partial charge in [0.15, 0.2) is 0 Å². The maximum atomic E-state index is 5.86. The van der Waals surface area contributed by atoms with E-state index < -0.39 is 0 Å². The van der Waals surface area contributed by atoms with Gasteiger partial charge in [-0.3, -0.25) is 4.90 Å². The number of anilines is 1. The van der Waals surface area contributed by atoms with Gasteiger partial charge in [-0.1, -0.05) is 18.2 Å². The average molecular weight is 352 g/mol. The van der Waals surface area contributed by atoms with Crippen molar-refractivity contribution in [2.75, 3.05) is 31.1 Å². The normalized spacial score (nSPS) is 15.6. The van der Waals surface area contributed by atoms with Crippen LogP contribution in [0, 0.1) is 20.8 Å². The van der Waals surface area contributed by atoms with Crippen LogP contribution in [0.15, 0.2) is 39.2 Å². The largest absolute Gasteiger partial charge is 0.466 e. The fraction of sp³-hybridized carbons (Fsp3) is 0.400. The SMILES string of the molecule is Cc1cc(-c2nnc(CN3CCN(c4ccccc4C)CC3)o2)c(C)o1. The molecule has 4 rings (SSSR count). The Morgan fingerprint density at radius 2 is 1.73 bits per heavy atom. The van der Waals surface area contributed by atoms with Gasteiger partial charge in [-0.05, 0) is 38.5 Å². The lowest BCUT2D eigenvalue weighted by atomic mass is 10.1. The summed E-state index contributed by atoms with van der Waals surface area (Å²) in [6.45, 7) is 10.7. The molecule has 0 unspecified atom stereocenters. The van der Waals surface area contributed by atoms with Crippen LogP contribution in [0.1, 0.15) is 23.0 Å². The van der Waals surface area contributed by atoms with E-state index in [4.69, 9.17) is 8.83 Å². The van der Waals surface area contributed by atoms with Crippen LogP contribution in [0.4, 0.5) is 5.69 Å². The predicted octanol–water partition coefficient (Wildman–Crippen LogP) is 3.58. The minimum Gasteiger partial charge on any atom is -0.466 e. The highest BCUT2D eigenvalue weighted by molar-refractivity contribution is 5.56. The second kappa shape index (κ2) is 6.96. The van der Waals surface area contributed by atoms with Crippen LogP contribution in [0.5, 0.6) is 0 Å². The van der Waals surface area contributed by atoms with E-state index in [0.29, 0.717) is 18.3 Å². The van der Waals surface area contributed by atoms with Gasteiger partial charge in [0.2, 0.25) is 5.89 Å². The van der Waals surface area contributed by atoms with Crippen molar-refractivity contribution in [3.63, 3.8) is 0 Å². The maximum Gasteiger partial charge on any atom is 0.251 e. The van der Waals surface area contributed by atoms with Gasteiger partial charge in [-0.15, -0.1) is 10.2 Å². The smallest absolute Gasteiger partial charge is 0.251 e. The van der Waals surface area contributed by atoms with E-state index in [0.717, 1.165) is 43.3 Å². The first-order valence-electron chi connectivity index (χ1n) is 9.03. The molecule has 0 radical (unpaired) electrons. The second-order valence-corrected chi connectivity index (χ2v) is 6.88. The van der Waals surface area contributed by atoms with Crippen molar-refractivity contribution < 1.29 is 8.83 Å². The maximum absolute atomic E-state index is 5.86. The Bertz CT molecular complexity index is 891. The zero-order chi connectivity index (χ0) is 18.1. The molecule has 0 N–H and O–H groups in total. The fourth-order valence-electron chi connectivity index (χ4n) is 3.53. The van der Waals surface area contributed by atoms with Crippen LogP contribution < -0.4 is 4.90 Å². The third-order valence-electron chi connectivity index (χ3n) is 4.93. The molecule has 3 heterocycles. The first-order chi connectivity index (χ1) is 12.6. The first kappa shape index (κ1) is 16.8. The minimum atomic E-state index is 0.535. The molecule has 1 aromatic carbocycles. The van der Waals surface area contributed by atoms with Gasteiger partial charge in [0.1, 0.15) is 11.5 Å². The highest BCUT2D eigenvalue weighted by atomic mass is 16.4. The van der Waals surface area contributed by atoms with Crippen molar-refractivity contribution in [2.45, 2.75) is 27.3 Å². The van der Waals surface area contributed by atoms with Crippen molar-refractivity contribution in [2.24, 2.45) is 0 Å². The van der Waals surface area contributed by atoms with Gasteiger partial charge in [0, 0.05) is 31.9 Å². The first-order valence-corrected chi connectivity index (χ1v) is 9.03. The highest BCUT2D eigenvalue weighted by Gasteiger charge is 2.21. The van der Waals surface area contributed by atoms with Gasteiger partial charge in [0.25, 0.3) is 5.89 Å². The summed E-state index contributed by atoms with van der Waals surface area (Å²) >= 11 is 0. The lowest BCUT2D eigenvalue weighted by molar-refractivity contribution is 0.227. The molecule has 0 aliphatic carbocycles. The summed E-state index contributed by atoms with van der Waals surface area (Å²) in [6, 6.07) is 10.5. The van der Waals surface area contributed by atoms with E-state index >= 15 is 0 Å². The molecule has 0 amide bonds. The van der Waals surface area contributed by atoms with Gasteiger partial charge in [0.05, 0.1) is 12.1 Å². The zero-order valence-corrected chi connectivity index (χ0v) is 15.5. The Hall–Kier alpha value is -2.60. The third kappa shape index (κ3) is 3.37. The van der Waals surface area contributed by atoms with Gasteiger partial charge in [-0.25, -0.2) is 0 Å². The van der Waals surface area contributed by atoms with Crippen LogP contribution in [0.25, 0.3) is 11.5 Å². The molecule has 0 spiro atoms. The van der Waals surface area contributed by atoms with Crippen molar-refractivity contribution in [3.05, 3.63) is 53.3 Å². The Labute approximate surface area is 153 Å². The molecule has 0 bridgehead atoms. The van der Waals surface area contributed by atoms with E-state index in [9.17, 15) is 0 Å². The number of para-hydroxylation sites is 1. The molecule has 0 atom stereocenters. The van der Waals surface area contributed by atoms with Crippen molar-refractivity contribution in [1.82, 2.24) is 15.1 Å². The van der Waals surface area contributed by atoms with Crippen LogP contribution in [-0.2, 0) is 6.54 Å². The van der Waals surface area contributed by atoms with Crippen molar-refractivity contribution >= 4 is 5.69 Å². The van der Waals surface area contributed by atoms with E-state index in [1.54, 1.807) is 0 Å². The minimum absolute atomic E-state index is 0.535. The molecule has 26 heavy (non-hydrogen) atoms. The van der Waals surface area contributed by atoms with E-state index in [-0.39, 0.29) is 0 Å². The summed E-state index contributed by atoms with van der Waals surface area (Å²) in [6.07, 6.45) is 0. The second-order valence-electron chi connectivity index (χ2n) is 6.88. The molecule has 136 valence electrons. The predicted molar refractivity (Wildman–Crippen MR) is 100 cm³/mol. The standard InChI is InChI=1S/C20H24N4O2/c1-14-6-4-5-7-18(14)24-10-8-23(9-11-24)13-19-21-22-20(26-19)17-12-15(2)25-16(17)3/h4-7,12H,8-11,13H2,1-3H3. The summed E-state index contributed by atoms with van der Waals surface area (Å²) < 4.78 is 11.4. The summed E-state index contributed by atoms with van der Waals surface area (Å²) in [4.78, 5) is 4.81. The van der Waals surface area contributed by atoms with Crippen LogP contribution in [-0.4, -0.2) is 41.3 Å². The summed E-state index contributed by atoms with van der Waals surface area (Å²) in [5.74, 6) is 2.85. The molecule has 3 aromatic rings. The monoisotopic (exact) mass is 352 g/mol. The Morgan fingerprint density at radius 1 is 0.962 bits per heavy atom. The third-order valence-corrected chi connectivity index (χ3v) is 4.93. The number of piperazine rings is 1. The fourth-order valence-corrected chi connectivity index (χ4v) is 3.53. The quantitative estimate of drug-likeness (QED) is 0.715. The molecule has 0 saturated carbocycles. The van der Waals surface area contributed by atoms with Crippen LogP contribution in [0.2, 0.25) is 0 Å².